The van der Waals surface area contributed by atoms with Crippen LogP contribution in [-0.4, -0.2) is 83.5 Å². The minimum absolute atomic E-state index is 0.0737. The van der Waals surface area contributed by atoms with E-state index in [9.17, 15) is 14.7 Å². The molecule has 2 fully saturated rings. The third-order valence-electron chi connectivity index (χ3n) is 4.72. The van der Waals surface area contributed by atoms with Gasteiger partial charge in [-0.15, -0.1) is 0 Å². The minimum Gasteiger partial charge on any atom is -0.391 e. The average molecular weight is 297 g/mol. The molecule has 0 aromatic heterocycles. The van der Waals surface area contributed by atoms with Gasteiger partial charge in [-0.05, 0) is 19.9 Å². The molecule has 6 nitrogen and oxygen atoms in total. The normalized spacial score (nSPS) is 27.0. The Balaban J connectivity index is 1.80. The molecule has 0 bridgehead atoms. The summed E-state index contributed by atoms with van der Waals surface area (Å²) in [6.45, 7) is 4.38. The molecule has 1 N–H and O–H groups in total. The van der Waals surface area contributed by atoms with E-state index in [4.69, 9.17) is 0 Å². The Kier molecular flexibility index (Phi) is 5.58. The number of aliphatic hydroxyl groups is 1. The molecule has 6 heteroatoms. The Morgan fingerprint density at radius 2 is 1.67 bits per heavy atom. The maximum Gasteiger partial charge on any atom is 0.236 e. The van der Waals surface area contributed by atoms with Crippen molar-refractivity contribution in [3.63, 3.8) is 0 Å². The molecule has 1 saturated heterocycles. The lowest BCUT2D eigenvalue weighted by molar-refractivity contribution is -0.139. The lowest BCUT2D eigenvalue weighted by atomic mass is 9.91. The molecule has 0 aromatic carbocycles. The van der Waals surface area contributed by atoms with Crippen molar-refractivity contribution in [1.29, 1.82) is 0 Å². The van der Waals surface area contributed by atoms with Crippen LogP contribution < -0.4 is 0 Å². The fourth-order valence-corrected chi connectivity index (χ4v) is 3.31. The molecule has 1 saturated carbocycles. The highest BCUT2D eigenvalue weighted by molar-refractivity contribution is 5.79. The van der Waals surface area contributed by atoms with Crippen LogP contribution in [0.25, 0.3) is 0 Å². The number of hydrogen-bond donors (Lipinski definition) is 1. The second-order valence-corrected chi connectivity index (χ2v) is 6.22. The van der Waals surface area contributed by atoms with E-state index in [1.165, 1.54) is 0 Å². The highest BCUT2D eigenvalue weighted by Gasteiger charge is 2.29. The summed E-state index contributed by atoms with van der Waals surface area (Å²) in [5.41, 5.74) is 0. The van der Waals surface area contributed by atoms with Crippen molar-refractivity contribution in [1.82, 2.24) is 14.7 Å². The van der Waals surface area contributed by atoms with Crippen molar-refractivity contribution in [2.24, 2.45) is 0 Å². The van der Waals surface area contributed by atoms with Crippen LogP contribution in [0.5, 0.6) is 0 Å². The zero-order valence-corrected chi connectivity index (χ0v) is 13.1. The third-order valence-corrected chi connectivity index (χ3v) is 4.72. The van der Waals surface area contributed by atoms with Gasteiger partial charge in [-0.2, -0.15) is 0 Å². The predicted molar refractivity (Wildman–Crippen MR) is 79.7 cm³/mol. The minimum atomic E-state index is -0.314. The summed E-state index contributed by atoms with van der Waals surface area (Å²) in [5, 5.41) is 10.0. The lowest BCUT2D eigenvalue weighted by Gasteiger charge is -2.38. The summed E-state index contributed by atoms with van der Waals surface area (Å²) in [7, 11) is 1.92. The molecule has 2 atom stereocenters. The number of aliphatic hydroxyl groups excluding tert-OH is 1. The van der Waals surface area contributed by atoms with E-state index in [0.29, 0.717) is 32.7 Å². The lowest BCUT2D eigenvalue weighted by Crippen LogP contribution is -2.53. The number of rotatable bonds is 3. The second-order valence-electron chi connectivity index (χ2n) is 6.22. The molecule has 0 spiro atoms. The summed E-state index contributed by atoms with van der Waals surface area (Å²) in [4.78, 5) is 29.2. The van der Waals surface area contributed by atoms with Crippen molar-refractivity contribution in [3.8, 4) is 0 Å². The first-order valence-electron chi connectivity index (χ1n) is 7.90. The molecule has 2 amide bonds. The fraction of sp³-hybridized carbons (Fsp3) is 0.867. The van der Waals surface area contributed by atoms with Gasteiger partial charge in [-0.3, -0.25) is 14.5 Å². The third kappa shape index (κ3) is 4.17. The number of amides is 2. The summed E-state index contributed by atoms with van der Waals surface area (Å²) in [5.74, 6) is 0.169. The zero-order chi connectivity index (χ0) is 15.4. The zero-order valence-electron chi connectivity index (χ0n) is 13.1. The van der Waals surface area contributed by atoms with Gasteiger partial charge in [0.05, 0.1) is 12.6 Å². The van der Waals surface area contributed by atoms with E-state index in [-0.39, 0.29) is 24.0 Å². The topological polar surface area (TPSA) is 64.1 Å². The van der Waals surface area contributed by atoms with Crippen molar-refractivity contribution in [3.05, 3.63) is 0 Å². The van der Waals surface area contributed by atoms with Gasteiger partial charge in [0.25, 0.3) is 0 Å². The number of carbonyl (C=O) groups is 2. The Morgan fingerprint density at radius 3 is 2.24 bits per heavy atom. The number of likely N-dealkylation sites (N-methyl/N-ethyl adjacent to an activating group) is 1. The predicted octanol–water partition coefficient (Wildman–Crippen LogP) is -0.0876. The van der Waals surface area contributed by atoms with E-state index in [0.717, 1.165) is 25.7 Å². The molecular formula is C15H27N3O3. The van der Waals surface area contributed by atoms with Crippen LogP contribution in [0.3, 0.4) is 0 Å². The van der Waals surface area contributed by atoms with Crippen molar-refractivity contribution < 1.29 is 14.7 Å². The fourth-order valence-electron chi connectivity index (χ4n) is 3.31. The number of piperazine rings is 1. The molecule has 2 unspecified atom stereocenters. The number of carbonyl (C=O) groups excluding carboxylic acids is 2. The Hall–Kier alpha value is -1.14. The molecule has 1 aliphatic carbocycles. The molecule has 21 heavy (non-hydrogen) atoms. The maximum atomic E-state index is 12.3. The Bertz CT molecular complexity index is 380. The van der Waals surface area contributed by atoms with E-state index in [2.05, 4.69) is 0 Å². The van der Waals surface area contributed by atoms with Crippen LogP contribution in [-0.2, 0) is 9.59 Å². The SMILES string of the molecule is CC(=O)N1CCN(C(=O)CN(C)C2CCCCC2O)CC1. The highest BCUT2D eigenvalue weighted by atomic mass is 16.3. The van der Waals surface area contributed by atoms with Gasteiger partial charge in [-0.1, -0.05) is 12.8 Å². The summed E-state index contributed by atoms with van der Waals surface area (Å²) in [6.07, 6.45) is 3.68. The van der Waals surface area contributed by atoms with Gasteiger partial charge in [-0.25, -0.2) is 0 Å². The summed E-state index contributed by atoms with van der Waals surface area (Å²) >= 11 is 0. The molecule has 120 valence electrons. The largest absolute Gasteiger partial charge is 0.391 e. The van der Waals surface area contributed by atoms with Gasteiger partial charge >= 0.3 is 0 Å². The maximum absolute atomic E-state index is 12.3. The molecule has 1 heterocycles. The first-order chi connectivity index (χ1) is 9.99. The van der Waals surface area contributed by atoms with Gasteiger partial charge < -0.3 is 14.9 Å². The monoisotopic (exact) mass is 297 g/mol. The van der Waals surface area contributed by atoms with E-state index < -0.39 is 0 Å². The molecular weight excluding hydrogens is 270 g/mol. The summed E-state index contributed by atoms with van der Waals surface area (Å²) < 4.78 is 0. The van der Waals surface area contributed by atoms with Crippen LogP contribution in [0.15, 0.2) is 0 Å². The van der Waals surface area contributed by atoms with Crippen LogP contribution in [0.4, 0.5) is 0 Å². The van der Waals surface area contributed by atoms with Crippen LogP contribution >= 0.6 is 0 Å². The standard InChI is InChI=1S/C15H27N3O3/c1-12(19)17-7-9-18(10-8-17)15(21)11-16(2)13-5-3-4-6-14(13)20/h13-14,20H,3-11H2,1-2H3. The molecule has 2 aliphatic rings. The number of hydrogen-bond acceptors (Lipinski definition) is 4. The van der Waals surface area contributed by atoms with Gasteiger partial charge in [0.2, 0.25) is 11.8 Å². The highest BCUT2D eigenvalue weighted by Crippen LogP contribution is 2.22. The van der Waals surface area contributed by atoms with Crippen molar-refractivity contribution in [2.45, 2.75) is 44.8 Å². The summed E-state index contributed by atoms with van der Waals surface area (Å²) in [6, 6.07) is 0.0983. The van der Waals surface area contributed by atoms with Gasteiger partial charge in [0.1, 0.15) is 0 Å². The Labute approximate surface area is 126 Å². The van der Waals surface area contributed by atoms with Gasteiger partial charge in [0.15, 0.2) is 0 Å². The van der Waals surface area contributed by atoms with E-state index in [1.54, 1.807) is 11.8 Å². The first kappa shape index (κ1) is 16.2. The van der Waals surface area contributed by atoms with E-state index in [1.807, 2.05) is 16.8 Å². The number of nitrogens with zero attached hydrogens (tertiary/aromatic N) is 3. The van der Waals surface area contributed by atoms with Crippen molar-refractivity contribution in [2.75, 3.05) is 39.8 Å². The Morgan fingerprint density at radius 1 is 1.10 bits per heavy atom. The molecule has 2 rings (SSSR count). The molecule has 1 aliphatic heterocycles. The van der Waals surface area contributed by atoms with Crippen LogP contribution in [0.1, 0.15) is 32.6 Å². The van der Waals surface area contributed by atoms with Gasteiger partial charge in [0, 0.05) is 39.1 Å². The molecule has 0 aromatic rings. The molecule has 0 radical (unpaired) electrons. The van der Waals surface area contributed by atoms with Crippen molar-refractivity contribution >= 4 is 11.8 Å². The average Bonchev–Trinajstić information content (AvgIpc) is 2.47. The van der Waals surface area contributed by atoms with E-state index >= 15 is 0 Å². The first-order valence-corrected chi connectivity index (χ1v) is 7.90. The van der Waals surface area contributed by atoms with Crippen LogP contribution in [0, 0.1) is 0 Å². The second kappa shape index (κ2) is 7.22. The quantitative estimate of drug-likeness (QED) is 0.791. The van der Waals surface area contributed by atoms with Crippen LogP contribution in [0.2, 0.25) is 0 Å². The smallest absolute Gasteiger partial charge is 0.236 e.